The summed E-state index contributed by atoms with van der Waals surface area (Å²) in [6.07, 6.45) is 0. The number of carbonyl (C=O) groups is 1. The molecule has 30 heavy (non-hydrogen) atoms. The van der Waals surface area contributed by atoms with E-state index in [2.05, 4.69) is 0 Å². The fourth-order valence-electron chi connectivity index (χ4n) is 3.37. The van der Waals surface area contributed by atoms with Crippen LogP contribution in [0.5, 0.6) is 17.4 Å². The van der Waals surface area contributed by atoms with Gasteiger partial charge in [0.25, 0.3) is 5.56 Å². The molecule has 8 heteroatoms. The fraction of sp³-hybridized carbons (Fsp3) is 0.136. The van der Waals surface area contributed by atoms with E-state index in [1.54, 1.807) is 36.4 Å². The number of carbonyl (C=O) groups excluding carboxylic acids is 1. The first kappa shape index (κ1) is 19.6. The van der Waals surface area contributed by atoms with Crippen LogP contribution in [-0.2, 0) is 6.54 Å². The quantitative estimate of drug-likeness (QED) is 0.646. The van der Waals surface area contributed by atoms with E-state index in [0.717, 1.165) is 4.57 Å². The van der Waals surface area contributed by atoms with Gasteiger partial charge in [-0.05, 0) is 42.3 Å². The van der Waals surface area contributed by atoms with Crippen molar-refractivity contribution in [2.75, 3.05) is 6.79 Å². The summed E-state index contributed by atoms with van der Waals surface area (Å²) in [6.45, 7) is 1.48. The zero-order valence-corrected chi connectivity index (χ0v) is 16.6. The summed E-state index contributed by atoms with van der Waals surface area (Å²) in [4.78, 5) is 26.0. The van der Waals surface area contributed by atoms with Crippen LogP contribution in [0.25, 0.3) is 0 Å². The van der Waals surface area contributed by atoms with Crippen LogP contribution in [0, 0.1) is 18.3 Å². The Morgan fingerprint density at radius 3 is 2.70 bits per heavy atom. The highest BCUT2D eigenvalue weighted by molar-refractivity contribution is 6.35. The number of nitrogens with zero attached hydrogens (tertiary/aromatic N) is 2. The third-order valence-corrected chi connectivity index (χ3v) is 5.25. The molecule has 7 nitrogen and oxygen atoms in total. The number of ether oxygens (including phenoxy) is 2. The predicted octanol–water partition coefficient (Wildman–Crippen LogP) is 3.40. The summed E-state index contributed by atoms with van der Waals surface area (Å²) in [7, 11) is 0. The van der Waals surface area contributed by atoms with Gasteiger partial charge in [0.1, 0.15) is 11.6 Å². The van der Waals surface area contributed by atoms with E-state index in [0.29, 0.717) is 17.1 Å². The SMILES string of the molecule is Cc1c(C(=O)c2ccccc2Cl)c(O)n(Cc2ccc3c(c2)OCO3)c(=O)c1C#N. The van der Waals surface area contributed by atoms with E-state index < -0.39 is 17.2 Å². The lowest BCUT2D eigenvalue weighted by Crippen LogP contribution is -2.27. The Kier molecular flexibility index (Phi) is 4.94. The number of benzene rings is 2. The number of fused-ring (bicyclic) bond motifs is 1. The number of aromatic hydroxyl groups is 1. The van der Waals surface area contributed by atoms with Gasteiger partial charge in [-0.25, -0.2) is 0 Å². The highest BCUT2D eigenvalue weighted by Gasteiger charge is 2.26. The summed E-state index contributed by atoms with van der Waals surface area (Å²) in [5.74, 6) is -0.0165. The molecule has 0 amide bonds. The molecule has 150 valence electrons. The molecule has 1 aliphatic heterocycles. The van der Waals surface area contributed by atoms with Gasteiger partial charge in [-0.3, -0.25) is 14.2 Å². The number of hydrogen-bond donors (Lipinski definition) is 1. The average molecular weight is 423 g/mol. The van der Waals surface area contributed by atoms with E-state index >= 15 is 0 Å². The highest BCUT2D eigenvalue weighted by Crippen LogP contribution is 2.33. The van der Waals surface area contributed by atoms with E-state index in [4.69, 9.17) is 21.1 Å². The molecule has 1 N–H and O–H groups in total. The van der Waals surface area contributed by atoms with Crippen LogP contribution < -0.4 is 15.0 Å². The third kappa shape index (κ3) is 3.17. The Hall–Kier alpha value is -3.76. The second-order valence-corrected chi connectivity index (χ2v) is 7.11. The summed E-state index contributed by atoms with van der Waals surface area (Å²) >= 11 is 6.14. The van der Waals surface area contributed by atoms with Crippen molar-refractivity contribution in [1.82, 2.24) is 4.57 Å². The van der Waals surface area contributed by atoms with Crippen molar-refractivity contribution in [3.8, 4) is 23.4 Å². The molecule has 0 saturated carbocycles. The van der Waals surface area contributed by atoms with Gasteiger partial charge in [0.2, 0.25) is 12.7 Å². The van der Waals surface area contributed by atoms with Crippen LogP contribution >= 0.6 is 11.6 Å². The van der Waals surface area contributed by atoms with E-state index in [1.807, 2.05) is 6.07 Å². The van der Waals surface area contributed by atoms with Crippen LogP contribution in [0.2, 0.25) is 5.02 Å². The van der Waals surface area contributed by atoms with Gasteiger partial charge in [0.05, 0.1) is 17.1 Å². The van der Waals surface area contributed by atoms with Gasteiger partial charge in [0.15, 0.2) is 17.3 Å². The average Bonchev–Trinajstić information content (AvgIpc) is 3.19. The summed E-state index contributed by atoms with van der Waals surface area (Å²) in [5, 5.41) is 20.6. The number of pyridine rings is 1. The van der Waals surface area contributed by atoms with Gasteiger partial charge in [-0.2, -0.15) is 5.26 Å². The molecule has 0 bridgehead atoms. The first-order valence-corrected chi connectivity index (χ1v) is 9.34. The zero-order valence-electron chi connectivity index (χ0n) is 15.8. The molecule has 0 spiro atoms. The number of nitriles is 1. The molecular weight excluding hydrogens is 408 g/mol. The van der Waals surface area contributed by atoms with Crippen molar-refractivity contribution in [3.63, 3.8) is 0 Å². The van der Waals surface area contributed by atoms with E-state index in [-0.39, 0.29) is 40.6 Å². The minimum atomic E-state index is -0.694. The summed E-state index contributed by atoms with van der Waals surface area (Å²) in [6, 6.07) is 13.3. The van der Waals surface area contributed by atoms with Crippen LogP contribution in [0.3, 0.4) is 0 Å². The molecule has 0 saturated heterocycles. The Bertz CT molecular complexity index is 1290. The standard InChI is InChI=1S/C22H15ClN2O5/c1-12-15(9-24)21(27)25(10-13-6-7-17-18(8-13)30-11-29-17)22(28)19(12)20(26)14-4-2-3-5-16(14)23/h2-8,28H,10-11H2,1H3. The Morgan fingerprint density at radius 2 is 1.97 bits per heavy atom. The van der Waals surface area contributed by atoms with Crippen molar-refractivity contribution in [1.29, 1.82) is 5.26 Å². The number of rotatable bonds is 4. The Balaban J connectivity index is 1.87. The maximum absolute atomic E-state index is 13.1. The van der Waals surface area contributed by atoms with Crippen LogP contribution in [0.15, 0.2) is 47.3 Å². The van der Waals surface area contributed by atoms with E-state index in [1.165, 1.54) is 13.0 Å². The van der Waals surface area contributed by atoms with Gasteiger partial charge in [0, 0.05) is 5.56 Å². The molecule has 0 atom stereocenters. The van der Waals surface area contributed by atoms with Crippen molar-refractivity contribution in [3.05, 3.63) is 85.7 Å². The maximum atomic E-state index is 13.1. The summed E-state index contributed by atoms with van der Waals surface area (Å²) in [5.41, 5.74) is -0.160. The van der Waals surface area contributed by atoms with Crippen molar-refractivity contribution in [2.24, 2.45) is 0 Å². The van der Waals surface area contributed by atoms with Gasteiger partial charge in [-0.15, -0.1) is 0 Å². The molecular formula is C22H15ClN2O5. The molecule has 0 radical (unpaired) electrons. The van der Waals surface area contributed by atoms with Crippen LogP contribution in [0.1, 0.15) is 32.6 Å². The fourth-order valence-corrected chi connectivity index (χ4v) is 3.59. The molecule has 0 fully saturated rings. The number of aromatic nitrogens is 1. The lowest BCUT2D eigenvalue weighted by molar-refractivity contribution is 0.103. The highest BCUT2D eigenvalue weighted by atomic mass is 35.5. The van der Waals surface area contributed by atoms with E-state index in [9.17, 15) is 20.0 Å². The van der Waals surface area contributed by atoms with Gasteiger partial charge >= 0.3 is 0 Å². The molecule has 2 heterocycles. The number of ketones is 1. The number of halogens is 1. The minimum absolute atomic E-state index is 0.0704. The molecule has 4 rings (SSSR count). The van der Waals surface area contributed by atoms with Gasteiger partial charge in [-0.1, -0.05) is 29.8 Å². The maximum Gasteiger partial charge on any atom is 0.271 e. The normalized spacial score (nSPS) is 11.9. The smallest absolute Gasteiger partial charge is 0.271 e. The van der Waals surface area contributed by atoms with Crippen molar-refractivity contribution in [2.45, 2.75) is 13.5 Å². The lowest BCUT2D eigenvalue weighted by atomic mass is 9.97. The van der Waals surface area contributed by atoms with Crippen LogP contribution in [-0.4, -0.2) is 22.2 Å². The molecule has 1 aliphatic rings. The Labute approximate surface area is 176 Å². The molecule has 2 aromatic carbocycles. The second-order valence-electron chi connectivity index (χ2n) is 6.70. The minimum Gasteiger partial charge on any atom is -0.494 e. The molecule has 1 aromatic heterocycles. The largest absolute Gasteiger partial charge is 0.494 e. The Morgan fingerprint density at radius 1 is 1.23 bits per heavy atom. The summed E-state index contributed by atoms with van der Waals surface area (Å²) < 4.78 is 11.6. The monoisotopic (exact) mass is 422 g/mol. The first-order chi connectivity index (χ1) is 14.4. The van der Waals surface area contributed by atoms with Crippen molar-refractivity contribution < 1.29 is 19.4 Å². The predicted molar refractivity (Wildman–Crippen MR) is 108 cm³/mol. The van der Waals surface area contributed by atoms with Gasteiger partial charge < -0.3 is 14.6 Å². The third-order valence-electron chi connectivity index (χ3n) is 4.92. The number of hydrogen-bond acceptors (Lipinski definition) is 6. The first-order valence-electron chi connectivity index (χ1n) is 8.96. The second kappa shape index (κ2) is 7.58. The van der Waals surface area contributed by atoms with Crippen molar-refractivity contribution >= 4 is 17.4 Å². The zero-order chi connectivity index (χ0) is 21.4. The van der Waals surface area contributed by atoms with Crippen LogP contribution in [0.4, 0.5) is 0 Å². The topological polar surface area (TPSA) is 102 Å². The molecule has 0 aliphatic carbocycles. The molecule has 3 aromatic rings. The molecule has 0 unspecified atom stereocenters. The lowest BCUT2D eigenvalue weighted by Gasteiger charge is -2.16.